The minimum absolute atomic E-state index is 1.32. The molecule has 0 bridgehead atoms. The van der Waals surface area contributed by atoms with E-state index in [0.29, 0.717) is 0 Å². The first-order valence-corrected chi connectivity index (χ1v) is 6.96. The van der Waals surface area contributed by atoms with Crippen LogP contribution in [0.3, 0.4) is 0 Å². The molecule has 0 spiro atoms. The molecule has 0 amide bonds. The van der Waals surface area contributed by atoms with Crippen molar-refractivity contribution in [3.63, 3.8) is 0 Å². The molecule has 0 N–H and O–H groups in total. The molecule has 3 aromatic rings. The molecule has 0 aliphatic heterocycles. The summed E-state index contributed by atoms with van der Waals surface area (Å²) in [5, 5.41) is 8.00. The number of fused-ring (bicyclic) bond motifs is 6. The van der Waals surface area contributed by atoms with E-state index in [4.69, 9.17) is 0 Å². The van der Waals surface area contributed by atoms with Crippen molar-refractivity contribution in [1.82, 2.24) is 0 Å². The molecule has 0 heteroatoms. The van der Waals surface area contributed by atoms with Crippen molar-refractivity contribution in [2.45, 2.75) is 0 Å². The van der Waals surface area contributed by atoms with E-state index in [9.17, 15) is 0 Å². The van der Waals surface area contributed by atoms with Crippen LogP contribution in [-0.4, -0.2) is 0 Å². The van der Waals surface area contributed by atoms with Gasteiger partial charge in [-0.2, -0.15) is 0 Å². The van der Waals surface area contributed by atoms with Gasteiger partial charge in [-0.15, -0.1) is 0 Å². The standard InChI is InChI=1S/C20H12/c1-3-13-7-9-15-12-20-16(11-19(15)17(13)5-1)10-8-14-4-2-6-18(14)20/h1-12H. The second kappa shape index (κ2) is 3.49. The van der Waals surface area contributed by atoms with Crippen LogP contribution < -0.4 is 10.4 Å². The second-order valence-electron chi connectivity index (χ2n) is 5.48. The highest BCUT2D eigenvalue weighted by atomic mass is 14.1. The van der Waals surface area contributed by atoms with Crippen LogP contribution in [0.2, 0.25) is 0 Å². The first-order chi connectivity index (χ1) is 9.90. The molecule has 0 unspecified atom stereocenters. The van der Waals surface area contributed by atoms with Crippen LogP contribution in [0.4, 0.5) is 0 Å². The first kappa shape index (κ1) is 10.2. The largest absolute Gasteiger partial charge is 0.0610 e. The lowest BCUT2D eigenvalue weighted by atomic mass is 9.96. The van der Waals surface area contributed by atoms with Gasteiger partial charge in [-0.1, -0.05) is 60.7 Å². The van der Waals surface area contributed by atoms with Gasteiger partial charge >= 0.3 is 0 Å². The Kier molecular flexibility index (Phi) is 1.78. The van der Waals surface area contributed by atoms with Crippen LogP contribution in [-0.2, 0) is 0 Å². The topological polar surface area (TPSA) is 0 Å². The van der Waals surface area contributed by atoms with Gasteiger partial charge in [0.05, 0.1) is 0 Å². The molecule has 0 radical (unpaired) electrons. The van der Waals surface area contributed by atoms with Crippen LogP contribution in [0.15, 0.2) is 48.6 Å². The summed E-state index contributed by atoms with van der Waals surface area (Å²) in [4.78, 5) is 0. The third-order valence-electron chi connectivity index (χ3n) is 4.39. The minimum Gasteiger partial charge on any atom is -0.0610 e. The Hall–Kier alpha value is -2.60. The zero-order chi connectivity index (χ0) is 13.1. The van der Waals surface area contributed by atoms with E-state index in [1.807, 2.05) is 0 Å². The Morgan fingerprint density at radius 2 is 1.05 bits per heavy atom. The first-order valence-electron chi connectivity index (χ1n) is 6.96. The van der Waals surface area contributed by atoms with Crippen LogP contribution in [0, 0.1) is 0 Å². The summed E-state index contributed by atoms with van der Waals surface area (Å²) in [7, 11) is 0. The van der Waals surface area contributed by atoms with E-state index in [-0.39, 0.29) is 0 Å². The molecule has 20 heavy (non-hydrogen) atoms. The van der Waals surface area contributed by atoms with Crippen molar-refractivity contribution in [2.75, 3.05) is 0 Å². The molecular weight excluding hydrogens is 240 g/mol. The number of hydrogen-bond acceptors (Lipinski definition) is 0. The van der Waals surface area contributed by atoms with Gasteiger partial charge in [0.2, 0.25) is 0 Å². The zero-order valence-corrected chi connectivity index (χ0v) is 10.9. The Labute approximate surface area is 116 Å². The zero-order valence-electron chi connectivity index (χ0n) is 10.9. The highest BCUT2D eigenvalue weighted by molar-refractivity contribution is 6.05. The fourth-order valence-corrected chi connectivity index (χ4v) is 3.38. The van der Waals surface area contributed by atoms with Crippen molar-refractivity contribution in [3.05, 3.63) is 70.1 Å². The molecule has 0 saturated carbocycles. The molecule has 5 rings (SSSR count). The van der Waals surface area contributed by atoms with Gasteiger partial charge < -0.3 is 0 Å². The van der Waals surface area contributed by atoms with Crippen molar-refractivity contribution in [2.24, 2.45) is 0 Å². The van der Waals surface area contributed by atoms with Gasteiger partial charge in [0.15, 0.2) is 0 Å². The quantitative estimate of drug-likeness (QED) is 0.536. The Bertz CT molecular complexity index is 987. The van der Waals surface area contributed by atoms with Crippen molar-refractivity contribution >= 4 is 45.8 Å². The fraction of sp³-hybridized carbons (Fsp3) is 0. The van der Waals surface area contributed by atoms with Crippen LogP contribution in [0.5, 0.6) is 0 Å². The highest BCUT2D eigenvalue weighted by Gasteiger charge is 2.08. The lowest BCUT2D eigenvalue weighted by molar-refractivity contribution is 1.64. The Morgan fingerprint density at radius 1 is 0.550 bits per heavy atom. The normalized spacial score (nSPS) is 14.4. The fourth-order valence-electron chi connectivity index (χ4n) is 3.38. The molecule has 2 aliphatic carbocycles. The van der Waals surface area contributed by atoms with Gasteiger partial charge in [-0.3, -0.25) is 0 Å². The third-order valence-corrected chi connectivity index (χ3v) is 4.39. The maximum absolute atomic E-state index is 2.33. The maximum Gasteiger partial charge on any atom is -0.00990 e. The molecular formula is C20H12. The molecule has 3 aromatic carbocycles. The van der Waals surface area contributed by atoms with Crippen molar-refractivity contribution in [3.8, 4) is 0 Å². The van der Waals surface area contributed by atoms with E-state index in [1.54, 1.807) is 0 Å². The lowest BCUT2D eigenvalue weighted by Gasteiger charge is -2.07. The Balaban J connectivity index is 2.02. The second-order valence-corrected chi connectivity index (χ2v) is 5.48. The number of rotatable bonds is 0. The third kappa shape index (κ3) is 1.21. The molecule has 2 aliphatic rings. The number of allylic oxidation sites excluding steroid dienone is 2. The van der Waals surface area contributed by atoms with Gasteiger partial charge in [0.25, 0.3) is 0 Å². The molecule has 92 valence electrons. The summed E-state index contributed by atoms with van der Waals surface area (Å²) in [5.74, 6) is 0. The predicted octanol–water partition coefficient (Wildman–Crippen LogP) is 3.61. The molecule has 0 nitrogen and oxygen atoms in total. The van der Waals surface area contributed by atoms with Crippen LogP contribution in [0.1, 0.15) is 11.1 Å². The van der Waals surface area contributed by atoms with Gasteiger partial charge in [-0.05, 0) is 55.2 Å². The Morgan fingerprint density at radius 3 is 1.55 bits per heavy atom. The average Bonchev–Trinajstić information content (AvgIpc) is 3.13. The van der Waals surface area contributed by atoms with E-state index in [2.05, 4.69) is 72.9 Å². The summed E-state index contributed by atoms with van der Waals surface area (Å²) >= 11 is 0. The molecule has 0 fully saturated rings. The minimum atomic E-state index is 1.32. The average molecular weight is 252 g/mol. The predicted molar refractivity (Wildman–Crippen MR) is 87.7 cm³/mol. The number of benzene rings is 3. The smallest absolute Gasteiger partial charge is 0.00990 e. The van der Waals surface area contributed by atoms with Gasteiger partial charge in [0, 0.05) is 0 Å². The summed E-state index contributed by atoms with van der Waals surface area (Å²) < 4.78 is 0. The summed E-state index contributed by atoms with van der Waals surface area (Å²) in [6, 6.07) is 13.6. The van der Waals surface area contributed by atoms with Crippen molar-refractivity contribution < 1.29 is 0 Å². The van der Waals surface area contributed by atoms with Gasteiger partial charge in [0.1, 0.15) is 0 Å². The maximum atomic E-state index is 2.33. The molecule has 0 atom stereocenters. The summed E-state index contributed by atoms with van der Waals surface area (Å²) in [6.07, 6.45) is 13.1. The van der Waals surface area contributed by atoms with E-state index >= 15 is 0 Å². The number of hydrogen-bond donors (Lipinski definition) is 0. The van der Waals surface area contributed by atoms with E-state index < -0.39 is 0 Å². The lowest BCUT2D eigenvalue weighted by Crippen LogP contribution is -2.03. The SMILES string of the molecule is C1=Cc2c(ccc3cc4c5c(ccc4cc23)=CC=C5)=C1. The van der Waals surface area contributed by atoms with Crippen molar-refractivity contribution in [1.29, 1.82) is 0 Å². The highest BCUT2D eigenvalue weighted by Crippen LogP contribution is 2.27. The monoisotopic (exact) mass is 252 g/mol. The van der Waals surface area contributed by atoms with Gasteiger partial charge in [-0.25, -0.2) is 0 Å². The molecule has 0 heterocycles. The van der Waals surface area contributed by atoms with Crippen LogP contribution in [0.25, 0.3) is 45.8 Å². The summed E-state index contributed by atoms with van der Waals surface area (Å²) in [5.41, 5.74) is 2.71. The molecule has 0 aromatic heterocycles. The van der Waals surface area contributed by atoms with E-state index in [1.165, 1.54) is 43.1 Å². The van der Waals surface area contributed by atoms with Crippen LogP contribution >= 0.6 is 0 Å². The summed E-state index contributed by atoms with van der Waals surface area (Å²) in [6.45, 7) is 0. The molecule has 0 saturated heterocycles. The van der Waals surface area contributed by atoms with E-state index in [0.717, 1.165) is 0 Å².